The van der Waals surface area contributed by atoms with E-state index in [0.717, 1.165) is 25.3 Å². The number of anilines is 1. The summed E-state index contributed by atoms with van der Waals surface area (Å²) < 4.78 is 1.20. The molecule has 0 unspecified atom stereocenters. The summed E-state index contributed by atoms with van der Waals surface area (Å²) >= 11 is 5.30. The molecule has 0 spiro atoms. The van der Waals surface area contributed by atoms with Crippen LogP contribution in [0.15, 0.2) is 34.1 Å². The van der Waals surface area contributed by atoms with Crippen LogP contribution in [0.2, 0.25) is 0 Å². The Balaban J connectivity index is 1.76. The van der Waals surface area contributed by atoms with Crippen molar-refractivity contribution < 1.29 is 0 Å². The first kappa shape index (κ1) is 11.3. The van der Waals surface area contributed by atoms with Gasteiger partial charge in [0.25, 0.3) is 0 Å². The second-order valence-electron chi connectivity index (χ2n) is 4.34. The van der Waals surface area contributed by atoms with E-state index in [4.69, 9.17) is 5.73 Å². The molecule has 0 saturated heterocycles. The van der Waals surface area contributed by atoms with Gasteiger partial charge >= 0.3 is 0 Å². The molecule has 1 aromatic heterocycles. The highest BCUT2D eigenvalue weighted by Crippen LogP contribution is 2.30. The Labute approximate surface area is 113 Å². The highest BCUT2D eigenvalue weighted by atomic mass is 79.9. The summed E-state index contributed by atoms with van der Waals surface area (Å²) in [7, 11) is 0. The highest BCUT2D eigenvalue weighted by molar-refractivity contribution is 9.11. The number of hydrogen-bond donors (Lipinski definition) is 1. The van der Waals surface area contributed by atoms with Crippen molar-refractivity contribution in [3.63, 3.8) is 0 Å². The Morgan fingerprint density at radius 3 is 2.82 bits per heavy atom. The molecule has 0 saturated carbocycles. The molecule has 0 radical (unpaired) electrons. The molecule has 2 aromatic rings. The van der Waals surface area contributed by atoms with Crippen molar-refractivity contribution in [3.8, 4) is 0 Å². The van der Waals surface area contributed by atoms with E-state index in [1.807, 2.05) is 12.1 Å². The van der Waals surface area contributed by atoms with Crippen LogP contribution in [0, 0.1) is 0 Å². The van der Waals surface area contributed by atoms with Crippen molar-refractivity contribution >= 4 is 33.0 Å². The Bertz CT molecular complexity index is 550. The Kier molecular flexibility index (Phi) is 2.94. The van der Waals surface area contributed by atoms with Crippen LogP contribution in [0.25, 0.3) is 0 Å². The summed E-state index contributed by atoms with van der Waals surface area (Å²) in [6.07, 6.45) is 0. The summed E-state index contributed by atoms with van der Waals surface area (Å²) in [4.78, 5) is 3.82. The highest BCUT2D eigenvalue weighted by Gasteiger charge is 2.20. The number of thiophene rings is 1. The van der Waals surface area contributed by atoms with Gasteiger partial charge in [-0.15, -0.1) is 11.3 Å². The lowest BCUT2D eigenvalue weighted by Gasteiger charge is -2.12. The molecule has 2 nitrogen and oxygen atoms in total. The SMILES string of the molecule is Nc1cccc2c1CN(Cc1ccc(Br)s1)C2. The van der Waals surface area contributed by atoms with E-state index in [0.29, 0.717) is 0 Å². The molecule has 0 amide bonds. The zero-order chi connectivity index (χ0) is 11.8. The second-order valence-corrected chi connectivity index (χ2v) is 6.88. The molecule has 1 aliphatic heterocycles. The van der Waals surface area contributed by atoms with Gasteiger partial charge in [-0.1, -0.05) is 12.1 Å². The Hall–Kier alpha value is -0.840. The number of halogens is 1. The maximum atomic E-state index is 6.00. The average molecular weight is 309 g/mol. The molecule has 2 N–H and O–H groups in total. The van der Waals surface area contributed by atoms with Gasteiger partial charge in [-0.25, -0.2) is 0 Å². The van der Waals surface area contributed by atoms with E-state index in [1.165, 1.54) is 19.8 Å². The zero-order valence-corrected chi connectivity index (χ0v) is 11.7. The minimum Gasteiger partial charge on any atom is -0.398 e. The van der Waals surface area contributed by atoms with Gasteiger partial charge in [0.1, 0.15) is 0 Å². The summed E-state index contributed by atoms with van der Waals surface area (Å²) in [5, 5.41) is 0. The van der Waals surface area contributed by atoms with Crippen molar-refractivity contribution in [1.29, 1.82) is 0 Å². The van der Waals surface area contributed by atoms with Gasteiger partial charge in [0.15, 0.2) is 0 Å². The topological polar surface area (TPSA) is 29.3 Å². The van der Waals surface area contributed by atoms with Crippen molar-refractivity contribution in [2.24, 2.45) is 0 Å². The Morgan fingerprint density at radius 1 is 1.24 bits per heavy atom. The predicted octanol–water partition coefficient (Wildman–Crippen LogP) is 3.61. The van der Waals surface area contributed by atoms with Crippen LogP contribution in [0.4, 0.5) is 5.69 Å². The Morgan fingerprint density at radius 2 is 2.12 bits per heavy atom. The van der Waals surface area contributed by atoms with Crippen LogP contribution in [0.3, 0.4) is 0 Å². The maximum absolute atomic E-state index is 6.00. The first-order valence-corrected chi connectivity index (χ1v) is 7.16. The monoisotopic (exact) mass is 308 g/mol. The molecule has 0 atom stereocenters. The first-order chi connectivity index (χ1) is 8.22. The summed E-state index contributed by atoms with van der Waals surface area (Å²) in [6, 6.07) is 10.5. The van der Waals surface area contributed by atoms with Gasteiger partial charge in [-0.3, -0.25) is 4.90 Å². The molecule has 1 aliphatic rings. The van der Waals surface area contributed by atoms with Gasteiger partial charge < -0.3 is 5.73 Å². The van der Waals surface area contributed by atoms with Gasteiger partial charge in [0, 0.05) is 30.2 Å². The molecule has 17 heavy (non-hydrogen) atoms. The van der Waals surface area contributed by atoms with Crippen LogP contribution in [0.5, 0.6) is 0 Å². The van der Waals surface area contributed by atoms with Crippen molar-refractivity contribution in [2.75, 3.05) is 5.73 Å². The van der Waals surface area contributed by atoms with E-state index < -0.39 is 0 Å². The molecule has 0 fully saturated rings. The number of nitrogen functional groups attached to an aromatic ring is 1. The third kappa shape index (κ3) is 2.25. The number of hydrogen-bond acceptors (Lipinski definition) is 3. The standard InChI is InChI=1S/C13H13BrN2S/c14-13-5-4-10(17-13)7-16-6-9-2-1-3-12(15)11(9)8-16/h1-5H,6-8,15H2. The molecule has 4 heteroatoms. The number of nitrogens with zero attached hydrogens (tertiary/aromatic N) is 1. The summed E-state index contributed by atoms with van der Waals surface area (Å²) in [6.45, 7) is 2.98. The quantitative estimate of drug-likeness (QED) is 0.859. The molecule has 0 aliphatic carbocycles. The number of benzene rings is 1. The van der Waals surface area contributed by atoms with Crippen LogP contribution in [-0.4, -0.2) is 4.90 Å². The fourth-order valence-corrected chi connectivity index (χ4v) is 3.81. The second kappa shape index (κ2) is 4.44. The van der Waals surface area contributed by atoms with Crippen molar-refractivity contribution in [3.05, 3.63) is 50.1 Å². The van der Waals surface area contributed by atoms with Crippen molar-refractivity contribution in [1.82, 2.24) is 4.90 Å². The normalized spacial score (nSPS) is 15.1. The molecule has 3 rings (SSSR count). The first-order valence-electron chi connectivity index (χ1n) is 5.55. The van der Waals surface area contributed by atoms with Gasteiger partial charge in [0.05, 0.1) is 3.79 Å². The molecule has 88 valence electrons. The largest absolute Gasteiger partial charge is 0.398 e. The van der Waals surface area contributed by atoms with E-state index in [1.54, 1.807) is 11.3 Å². The smallest absolute Gasteiger partial charge is 0.0701 e. The fraction of sp³-hybridized carbons (Fsp3) is 0.231. The summed E-state index contributed by atoms with van der Waals surface area (Å²) in [5.41, 5.74) is 9.61. The van der Waals surface area contributed by atoms with E-state index >= 15 is 0 Å². The molecular formula is C13H13BrN2S. The molecule has 1 aromatic carbocycles. The third-order valence-corrected chi connectivity index (χ3v) is 4.70. The van der Waals surface area contributed by atoms with Gasteiger partial charge in [0.2, 0.25) is 0 Å². The number of rotatable bonds is 2. The van der Waals surface area contributed by atoms with Gasteiger partial charge in [-0.2, -0.15) is 0 Å². The third-order valence-electron chi connectivity index (χ3n) is 3.09. The zero-order valence-electron chi connectivity index (χ0n) is 9.32. The molecular weight excluding hydrogens is 296 g/mol. The van der Waals surface area contributed by atoms with Crippen LogP contribution in [-0.2, 0) is 19.6 Å². The van der Waals surface area contributed by atoms with Crippen LogP contribution >= 0.6 is 27.3 Å². The average Bonchev–Trinajstić information content (AvgIpc) is 2.86. The fourth-order valence-electron chi connectivity index (χ4n) is 2.28. The predicted molar refractivity (Wildman–Crippen MR) is 75.8 cm³/mol. The lowest BCUT2D eigenvalue weighted by Crippen LogP contribution is -2.14. The van der Waals surface area contributed by atoms with Crippen LogP contribution in [0.1, 0.15) is 16.0 Å². The molecule has 2 heterocycles. The minimum atomic E-state index is 0.928. The van der Waals surface area contributed by atoms with Crippen molar-refractivity contribution in [2.45, 2.75) is 19.6 Å². The number of fused-ring (bicyclic) bond motifs is 1. The van der Waals surface area contributed by atoms with E-state index in [9.17, 15) is 0 Å². The van der Waals surface area contributed by atoms with Gasteiger partial charge in [-0.05, 0) is 45.3 Å². The van der Waals surface area contributed by atoms with Crippen LogP contribution < -0.4 is 5.73 Å². The lowest BCUT2D eigenvalue weighted by atomic mass is 10.1. The minimum absolute atomic E-state index is 0.928. The van der Waals surface area contributed by atoms with E-state index in [2.05, 4.69) is 39.0 Å². The number of nitrogens with two attached hydrogens (primary N) is 1. The van der Waals surface area contributed by atoms with E-state index in [-0.39, 0.29) is 0 Å². The maximum Gasteiger partial charge on any atom is 0.0701 e. The molecule has 0 bridgehead atoms. The lowest BCUT2D eigenvalue weighted by molar-refractivity contribution is 0.278. The summed E-state index contributed by atoms with van der Waals surface area (Å²) in [5.74, 6) is 0.